The van der Waals surface area contributed by atoms with Gasteiger partial charge in [0.1, 0.15) is 6.04 Å². The zero-order valence-electron chi connectivity index (χ0n) is 20.1. The number of benzene rings is 3. The summed E-state index contributed by atoms with van der Waals surface area (Å²) in [5.74, 6) is -0.0439. The third-order valence-electron chi connectivity index (χ3n) is 6.18. The predicted molar refractivity (Wildman–Crippen MR) is 136 cm³/mol. The number of hydrogen-bond acceptors (Lipinski definition) is 2. The third-order valence-corrected chi connectivity index (χ3v) is 6.18. The number of fused-ring (bicyclic) bond motifs is 1. The summed E-state index contributed by atoms with van der Waals surface area (Å²) in [5, 5.41) is 5.39. The van der Waals surface area contributed by atoms with Gasteiger partial charge >= 0.3 is 0 Å². The molecule has 0 spiro atoms. The van der Waals surface area contributed by atoms with Gasteiger partial charge in [-0.15, -0.1) is 0 Å². The molecule has 1 N–H and O–H groups in total. The van der Waals surface area contributed by atoms with Crippen LogP contribution in [0.15, 0.2) is 66.7 Å². The van der Waals surface area contributed by atoms with Crippen LogP contribution in [0.5, 0.6) is 0 Å². The Kier molecular flexibility index (Phi) is 9.05. The molecule has 4 nitrogen and oxygen atoms in total. The number of nitrogens with one attached hydrogen (secondary N) is 1. The Hall–Kier alpha value is -3.14. The van der Waals surface area contributed by atoms with Gasteiger partial charge in [0.05, 0.1) is 0 Å². The van der Waals surface area contributed by atoms with Crippen molar-refractivity contribution in [3.63, 3.8) is 0 Å². The second-order valence-corrected chi connectivity index (χ2v) is 8.71. The number of nitrogens with zero attached hydrogens (tertiary/aromatic N) is 1. The van der Waals surface area contributed by atoms with Gasteiger partial charge in [-0.2, -0.15) is 0 Å². The van der Waals surface area contributed by atoms with Crippen molar-refractivity contribution in [2.24, 2.45) is 0 Å². The first-order valence-corrected chi connectivity index (χ1v) is 12.1. The summed E-state index contributed by atoms with van der Waals surface area (Å²) in [7, 11) is 0. The molecule has 3 aromatic rings. The van der Waals surface area contributed by atoms with E-state index in [2.05, 4.69) is 48.6 Å². The number of carbonyl (C=O) groups is 2. The SMILES string of the molecule is CCCCNC(=O)[C@H](CC)N(Cc1ccc(C)cc1)C(=O)CCc1cccc2ccccc12. The summed E-state index contributed by atoms with van der Waals surface area (Å²) in [6.45, 7) is 7.21. The molecule has 0 aliphatic carbocycles. The number of hydrogen-bond donors (Lipinski definition) is 1. The number of carbonyl (C=O) groups excluding carboxylic acids is 2. The van der Waals surface area contributed by atoms with Crippen molar-refractivity contribution >= 4 is 22.6 Å². The molecule has 0 aliphatic heterocycles. The second-order valence-electron chi connectivity index (χ2n) is 8.71. The Bertz CT molecular complexity index is 1050. The van der Waals surface area contributed by atoms with Gasteiger partial charge in [0.15, 0.2) is 0 Å². The van der Waals surface area contributed by atoms with E-state index in [0.717, 1.165) is 24.0 Å². The molecule has 33 heavy (non-hydrogen) atoms. The van der Waals surface area contributed by atoms with Crippen LogP contribution in [0, 0.1) is 6.92 Å². The average molecular weight is 445 g/mol. The fourth-order valence-corrected chi connectivity index (χ4v) is 4.21. The van der Waals surface area contributed by atoms with Crippen molar-refractivity contribution in [1.82, 2.24) is 10.2 Å². The minimum atomic E-state index is -0.469. The van der Waals surface area contributed by atoms with Crippen molar-refractivity contribution in [3.05, 3.63) is 83.4 Å². The summed E-state index contributed by atoms with van der Waals surface area (Å²) >= 11 is 0. The lowest BCUT2D eigenvalue weighted by Crippen LogP contribution is -2.49. The molecule has 1 atom stereocenters. The molecular weight excluding hydrogens is 408 g/mol. The van der Waals surface area contributed by atoms with Gasteiger partial charge in [-0.05, 0) is 48.1 Å². The van der Waals surface area contributed by atoms with Crippen LogP contribution in [-0.2, 0) is 22.6 Å². The van der Waals surface area contributed by atoms with Crippen molar-refractivity contribution in [1.29, 1.82) is 0 Å². The van der Waals surface area contributed by atoms with E-state index in [4.69, 9.17) is 0 Å². The molecule has 3 rings (SSSR count). The quantitative estimate of drug-likeness (QED) is 0.380. The summed E-state index contributed by atoms with van der Waals surface area (Å²) in [4.78, 5) is 28.3. The number of rotatable bonds is 11. The molecule has 0 radical (unpaired) electrons. The van der Waals surface area contributed by atoms with Gasteiger partial charge < -0.3 is 10.2 Å². The standard InChI is InChI=1S/C29H36N2O2/c1-4-6-20-30-29(33)27(5-2)31(21-23-16-14-22(3)15-17-23)28(32)19-18-25-12-9-11-24-10-7-8-13-26(24)25/h7-17,27H,4-6,18-21H2,1-3H3,(H,30,33)/t27-/m0/s1. The fourth-order valence-electron chi connectivity index (χ4n) is 4.21. The average Bonchev–Trinajstić information content (AvgIpc) is 2.83. The van der Waals surface area contributed by atoms with E-state index in [1.807, 2.05) is 44.2 Å². The van der Waals surface area contributed by atoms with Gasteiger partial charge in [-0.25, -0.2) is 0 Å². The Balaban J connectivity index is 1.79. The molecule has 0 unspecified atom stereocenters. The largest absolute Gasteiger partial charge is 0.354 e. The minimum Gasteiger partial charge on any atom is -0.354 e. The van der Waals surface area contributed by atoms with Crippen LogP contribution in [-0.4, -0.2) is 29.3 Å². The lowest BCUT2D eigenvalue weighted by molar-refractivity contribution is -0.141. The molecular formula is C29H36N2O2. The molecule has 0 fully saturated rings. The molecule has 0 aromatic heterocycles. The normalized spacial score (nSPS) is 11.8. The number of amides is 2. The van der Waals surface area contributed by atoms with Gasteiger partial charge in [-0.3, -0.25) is 9.59 Å². The van der Waals surface area contributed by atoms with Crippen molar-refractivity contribution < 1.29 is 9.59 Å². The van der Waals surface area contributed by atoms with E-state index in [1.165, 1.54) is 16.3 Å². The van der Waals surface area contributed by atoms with Gasteiger partial charge in [-0.1, -0.05) is 92.6 Å². The highest BCUT2D eigenvalue weighted by Crippen LogP contribution is 2.21. The Morgan fingerprint density at radius 1 is 0.939 bits per heavy atom. The van der Waals surface area contributed by atoms with Crippen LogP contribution in [0.4, 0.5) is 0 Å². The third kappa shape index (κ3) is 6.67. The van der Waals surface area contributed by atoms with Crippen molar-refractivity contribution in [2.75, 3.05) is 6.54 Å². The van der Waals surface area contributed by atoms with Crippen molar-refractivity contribution in [3.8, 4) is 0 Å². The maximum absolute atomic E-state index is 13.5. The number of aryl methyl sites for hydroxylation is 2. The van der Waals surface area contributed by atoms with Crippen LogP contribution in [0.1, 0.15) is 56.2 Å². The van der Waals surface area contributed by atoms with Crippen LogP contribution in [0.25, 0.3) is 10.8 Å². The first-order chi connectivity index (χ1) is 16.0. The van der Waals surface area contributed by atoms with E-state index in [1.54, 1.807) is 4.90 Å². The van der Waals surface area contributed by atoms with Crippen molar-refractivity contribution in [2.45, 2.75) is 65.5 Å². The summed E-state index contributed by atoms with van der Waals surface area (Å²) in [6, 6.07) is 22.2. The molecule has 4 heteroatoms. The molecule has 0 saturated carbocycles. The number of unbranched alkanes of at least 4 members (excludes halogenated alkanes) is 1. The fraction of sp³-hybridized carbons (Fsp3) is 0.379. The van der Waals surface area contributed by atoms with Gasteiger partial charge in [0.2, 0.25) is 11.8 Å². The highest BCUT2D eigenvalue weighted by atomic mass is 16.2. The zero-order valence-corrected chi connectivity index (χ0v) is 20.1. The molecule has 2 amide bonds. The topological polar surface area (TPSA) is 49.4 Å². The van der Waals surface area contributed by atoms with Gasteiger partial charge in [0, 0.05) is 19.5 Å². The molecule has 0 saturated heterocycles. The maximum Gasteiger partial charge on any atom is 0.242 e. The highest BCUT2D eigenvalue weighted by molar-refractivity contribution is 5.89. The predicted octanol–water partition coefficient (Wildman–Crippen LogP) is 5.80. The monoisotopic (exact) mass is 444 g/mol. The Morgan fingerprint density at radius 3 is 2.39 bits per heavy atom. The molecule has 0 bridgehead atoms. The van der Waals surface area contributed by atoms with E-state index in [-0.39, 0.29) is 11.8 Å². The van der Waals surface area contributed by atoms with E-state index in [9.17, 15) is 9.59 Å². The summed E-state index contributed by atoms with van der Waals surface area (Å²) < 4.78 is 0. The maximum atomic E-state index is 13.5. The summed E-state index contributed by atoms with van der Waals surface area (Å²) in [6.07, 6.45) is 3.57. The van der Waals surface area contributed by atoms with Crippen LogP contribution in [0.3, 0.4) is 0 Å². The first kappa shape index (κ1) is 24.5. The summed E-state index contributed by atoms with van der Waals surface area (Å²) in [5.41, 5.74) is 3.38. The lowest BCUT2D eigenvalue weighted by Gasteiger charge is -2.31. The minimum absolute atomic E-state index is 0.0148. The highest BCUT2D eigenvalue weighted by Gasteiger charge is 2.28. The Labute approximate surface area is 198 Å². The van der Waals surface area contributed by atoms with E-state index < -0.39 is 6.04 Å². The molecule has 0 heterocycles. The molecule has 174 valence electrons. The van der Waals surface area contributed by atoms with Crippen LogP contribution in [0.2, 0.25) is 0 Å². The molecule has 0 aliphatic rings. The van der Waals surface area contributed by atoms with Crippen LogP contribution >= 0.6 is 0 Å². The molecule has 3 aromatic carbocycles. The lowest BCUT2D eigenvalue weighted by atomic mass is 10.00. The smallest absolute Gasteiger partial charge is 0.242 e. The Morgan fingerprint density at radius 2 is 1.67 bits per heavy atom. The van der Waals surface area contributed by atoms with Crippen LogP contribution < -0.4 is 5.32 Å². The van der Waals surface area contributed by atoms with E-state index in [0.29, 0.717) is 32.4 Å². The second kappa shape index (κ2) is 12.2. The zero-order chi connectivity index (χ0) is 23.6. The first-order valence-electron chi connectivity index (χ1n) is 12.1. The van der Waals surface area contributed by atoms with E-state index >= 15 is 0 Å². The van der Waals surface area contributed by atoms with Gasteiger partial charge in [0.25, 0.3) is 0 Å².